The van der Waals surface area contributed by atoms with E-state index in [1.165, 1.54) is 29.2 Å². The predicted molar refractivity (Wildman–Crippen MR) is 127 cm³/mol. The molecule has 0 aromatic carbocycles. The van der Waals surface area contributed by atoms with Gasteiger partial charge in [0.15, 0.2) is 10.8 Å². The summed E-state index contributed by atoms with van der Waals surface area (Å²) in [7, 11) is 3.16. The summed E-state index contributed by atoms with van der Waals surface area (Å²) >= 11 is 2.47. The molecule has 4 heterocycles. The van der Waals surface area contributed by atoms with E-state index in [0.717, 1.165) is 11.3 Å². The molecule has 0 spiro atoms. The smallest absolute Gasteiger partial charge is 0.352 e. The number of hydrogen-bond acceptors (Lipinski definition) is 11. The zero-order valence-electron chi connectivity index (χ0n) is 19.1. The highest BCUT2D eigenvalue weighted by atomic mass is 32.2. The number of nitrogens with zero attached hydrogens (tertiary/aromatic N) is 4. The molecule has 0 saturated carbocycles. The van der Waals surface area contributed by atoms with Crippen LogP contribution < -0.4 is 11.1 Å². The van der Waals surface area contributed by atoms with Gasteiger partial charge in [-0.25, -0.2) is 9.78 Å². The van der Waals surface area contributed by atoms with E-state index < -0.39 is 41.4 Å². The van der Waals surface area contributed by atoms with Crippen molar-refractivity contribution in [3.63, 3.8) is 0 Å². The molecule has 3 aliphatic heterocycles. The van der Waals surface area contributed by atoms with Gasteiger partial charge in [0, 0.05) is 23.1 Å². The molecule has 2 unspecified atom stereocenters. The van der Waals surface area contributed by atoms with Crippen LogP contribution in [0.4, 0.5) is 5.13 Å². The van der Waals surface area contributed by atoms with Crippen molar-refractivity contribution in [3.05, 3.63) is 22.3 Å². The predicted octanol–water partition coefficient (Wildman–Crippen LogP) is -1.61. The highest BCUT2D eigenvalue weighted by Gasteiger charge is 2.55. The molecule has 1 aromatic rings. The summed E-state index contributed by atoms with van der Waals surface area (Å²) in [5, 5.41) is 37.4. The van der Waals surface area contributed by atoms with Crippen LogP contribution in [-0.2, 0) is 19.2 Å². The summed E-state index contributed by atoms with van der Waals surface area (Å²) < 4.78 is 0.353. The average molecular weight is 528 g/mol. The van der Waals surface area contributed by atoms with Gasteiger partial charge in [0.1, 0.15) is 49.1 Å². The monoisotopic (exact) mass is 527 g/mol. The number of aliphatic hydroxyl groups is 2. The molecule has 15 heteroatoms. The van der Waals surface area contributed by atoms with Crippen molar-refractivity contribution in [2.75, 3.05) is 45.3 Å². The van der Waals surface area contributed by atoms with Crippen molar-refractivity contribution in [1.29, 1.82) is 0 Å². The summed E-state index contributed by atoms with van der Waals surface area (Å²) in [6, 6.07) is -0.946. The first-order chi connectivity index (χ1) is 16.5. The van der Waals surface area contributed by atoms with Crippen molar-refractivity contribution in [2.24, 2.45) is 5.16 Å². The van der Waals surface area contributed by atoms with Crippen LogP contribution >= 0.6 is 23.1 Å². The minimum Gasteiger partial charge on any atom is -0.477 e. The number of β-lactam (4-membered cyclic amide) rings is 1. The quantitative estimate of drug-likeness (QED) is 0.119. The molecule has 190 valence electrons. The molecular weight excluding hydrogens is 500 g/mol. The molecule has 6 N–H and O–H groups in total. The normalized spacial score (nSPS) is 31.0. The van der Waals surface area contributed by atoms with Gasteiger partial charge in [-0.3, -0.25) is 14.5 Å². The number of likely N-dealkylation sites (N-methyl/N-ethyl adjacent to an activating group) is 1. The summed E-state index contributed by atoms with van der Waals surface area (Å²) in [6.45, 7) is 1.17. The Morgan fingerprint density at radius 3 is 2.74 bits per heavy atom. The number of aliphatic carboxylic acids is 1. The Labute approximate surface area is 208 Å². The number of thioether (sulfide) groups is 1. The minimum absolute atomic E-state index is 0.0951. The van der Waals surface area contributed by atoms with Gasteiger partial charge in [-0.1, -0.05) is 5.16 Å². The summed E-state index contributed by atoms with van der Waals surface area (Å²) in [5.41, 5.74) is 6.16. The lowest BCUT2D eigenvalue weighted by Gasteiger charge is -2.50. The van der Waals surface area contributed by atoms with Crippen LogP contribution in [0.1, 0.15) is 12.1 Å². The SMILES string of the molecule is CO/N=C(\C(=O)NC1C(=O)N2C(C(=O)O)=C(C[N+]3(C)CC[C@@H](O)[C@H](O)C3)CS[C@H]12)c1csc(N)n1. The maximum atomic E-state index is 13.0. The number of rotatable bonds is 7. The number of carboxylic acid groups (broad SMARTS) is 1. The lowest BCUT2D eigenvalue weighted by molar-refractivity contribution is -0.914. The van der Waals surface area contributed by atoms with Gasteiger partial charge >= 0.3 is 5.97 Å². The van der Waals surface area contributed by atoms with Gasteiger partial charge < -0.3 is 35.7 Å². The largest absolute Gasteiger partial charge is 0.477 e. The van der Waals surface area contributed by atoms with Crippen LogP contribution in [0, 0.1) is 0 Å². The lowest BCUT2D eigenvalue weighted by atomic mass is 9.99. The van der Waals surface area contributed by atoms with E-state index in [0.29, 0.717) is 35.3 Å². The topological polar surface area (TPSA) is 188 Å². The van der Waals surface area contributed by atoms with Gasteiger partial charge in [-0.2, -0.15) is 0 Å². The molecular formula is C20H27N6O7S2+. The number of carbonyl (C=O) groups excluding carboxylic acids is 2. The molecule has 3 aliphatic rings. The molecule has 2 saturated heterocycles. The number of likely N-dealkylation sites (tertiary alicyclic amines) is 1. The first kappa shape index (κ1) is 25.4. The molecule has 2 amide bonds. The van der Waals surface area contributed by atoms with Crippen molar-refractivity contribution in [3.8, 4) is 0 Å². The van der Waals surface area contributed by atoms with E-state index in [1.807, 2.05) is 7.05 Å². The highest BCUT2D eigenvalue weighted by molar-refractivity contribution is 8.00. The van der Waals surface area contributed by atoms with Gasteiger partial charge in [0.05, 0.1) is 19.7 Å². The van der Waals surface area contributed by atoms with Crippen LogP contribution in [-0.4, -0.2) is 116 Å². The molecule has 5 atom stereocenters. The Hall–Kier alpha value is -2.72. The molecule has 0 radical (unpaired) electrons. The van der Waals surface area contributed by atoms with Crippen molar-refractivity contribution in [1.82, 2.24) is 15.2 Å². The zero-order chi connectivity index (χ0) is 25.5. The maximum Gasteiger partial charge on any atom is 0.352 e. The number of carboxylic acids is 1. The summed E-state index contributed by atoms with van der Waals surface area (Å²) in [4.78, 5) is 48.0. The summed E-state index contributed by atoms with van der Waals surface area (Å²) in [6.07, 6.45) is -1.30. The molecule has 1 aromatic heterocycles. The molecule has 0 aliphatic carbocycles. The van der Waals surface area contributed by atoms with Gasteiger partial charge in [0.2, 0.25) is 0 Å². The van der Waals surface area contributed by atoms with Gasteiger partial charge in [-0.05, 0) is 0 Å². The third-order valence-corrected chi connectivity index (χ3v) is 8.32. The van der Waals surface area contributed by atoms with Gasteiger partial charge in [0.25, 0.3) is 11.8 Å². The number of aliphatic hydroxyl groups excluding tert-OH is 2. The van der Waals surface area contributed by atoms with Crippen molar-refractivity contribution >= 4 is 51.7 Å². The van der Waals surface area contributed by atoms with E-state index in [-0.39, 0.29) is 28.8 Å². The maximum absolute atomic E-state index is 13.0. The molecule has 13 nitrogen and oxygen atoms in total. The number of piperidine rings is 1. The second-order valence-corrected chi connectivity index (χ2v) is 10.9. The van der Waals surface area contributed by atoms with Crippen LogP contribution in [0.2, 0.25) is 0 Å². The Kier molecular flexibility index (Phi) is 7.06. The number of hydrogen-bond donors (Lipinski definition) is 5. The first-order valence-electron chi connectivity index (χ1n) is 10.8. The third kappa shape index (κ3) is 4.86. The number of nitrogen functional groups attached to an aromatic ring is 1. The van der Waals surface area contributed by atoms with E-state index in [4.69, 9.17) is 10.6 Å². The average Bonchev–Trinajstić information content (AvgIpc) is 3.23. The summed E-state index contributed by atoms with van der Waals surface area (Å²) in [5.74, 6) is -2.12. The van der Waals surface area contributed by atoms with Crippen LogP contribution in [0.3, 0.4) is 0 Å². The third-order valence-electron chi connectivity index (χ3n) is 6.31. The Morgan fingerprint density at radius 2 is 2.14 bits per heavy atom. The van der Waals surface area contributed by atoms with Crippen LogP contribution in [0.25, 0.3) is 0 Å². The molecule has 0 bridgehead atoms. The number of nitrogens with one attached hydrogen (secondary N) is 1. The van der Waals surface area contributed by atoms with E-state index in [1.54, 1.807) is 0 Å². The van der Waals surface area contributed by atoms with E-state index >= 15 is 0 Å². The number of oxime groups is 1. The minimum atomic E-state index is -1.23. The zero-order valence-corrected chi connectivity index (χ0v) is 20.7. The molecule has 2 fully saturated rings. The number of anilines is 1. The Morgan fingerprint density at radius 1 is 1.40 bits per heavy atom. The van der Waals surface area contributed by atoms with Crippen LogP contribution in [0.15, 0.2) is 21.8 Å². The van der Waals surface area contributed by atoms with E-state index in [2.05, 4.69) is 15.5 Å². The number of aromatic nitrogens is 1. The fraction of sp³-hybridized carbons (Fsp3) is 0.550. The number of fused-ring (bicyclic) bond motifs is 1. The highest BCUT2D eigenvalue weighted by Crippen LogP contribution is 2.41. The number of quaternary nitrogens is 1. The second-order valence-electron chi connectivity index (χ2n) is 8.92. The molecule has 35 heavy (non-hydrogen) atoms. The Bertz CT molecular complexity index is 1110. The van der Waals surface area contributed by atoms with Crippen molar-refractivity contribution in [2.45, 2.75) is 30.0 Å². The number of carbonyl (C=O) groups is 3. The second kappa shape index (κ2) is 9.73. The van der Waals surface area contributed by atoms with Gasteiger partial charge in [-0.15, -0.1) is 23.1 Å². The first-order valence-corrected chi connectivity index (χ1v) is 12.7. The molecule has 4 rings (SSSR count). The Balaban J connectivity index is 1.51. The van der Waals surface area contributed by atoms with Crippen LogP contribution in [0.5, 0.6) is 0 Å². The fourth-order valence-electron chi connectivity index (χ4n) is 4.61. The standard InChI is InChI=1S/C20H26N6O7S2/c1-26(4-3-11(27)12(28)6-26)5-9-7-34-18-14(17(30)25(18)15(9)19(31)32)23-16(29)13(24-33-2)10-8-35-20(21)22-10/h8,11-12,14,18,27-28H,3-7H2,1-2H3,(H3-,21,22,23,29,31,32)/p+1/b24-13-/t11-,12-,14?,18-,26?/m1/s1. The lowest BCUT2D eigenvalue weighted by Crippen LogP contribution is -2.71. The number of nitrogens with two attached hydrogens (primary N) is 1. The fourth-order valence-corrected chi connectivity index (χ4v) is 6.49. The number of amides is 2. The van der Waals surface area contributed by atoms with E-state index in [9.17, 15) is 29.7 Å². The number of thiazole rings is 1. The van der Waals surface area contributed by atoms with Crippen molar-refractivity contribution < 1.29 is 39.0 Å².